The minimum atomic E-state index is -1.14. The number of aliphatic hydroxyl groups is 1. The molecule has 0 heterocycles. The second-order valence-electron chi connectivity index (χ2n) is 7.51. The van der Waals surface area contributed by atoms with Crippen LogP contribution in [0.1, 0.15) is 84.0 Å². The Kier molecular flexibility index (Phi) is 17.3. The second-order valence-corrected chi connectivity index (χ2v) is 7.51. The molecule has 0 radical (unpaired) electrons. The van der Waals surface area contributed by atoms with E-state index in [9.17, 15) is 19.5 Å². The van der Waals surface area contributed by atoms with Gasteiger partial charge in [-0.15, -0.1) is 0 Å². The van der Waals surface area contributed by atoms with Crippen LogP contribution in [0.4, 0.5) is 0 Å². The number of hydrogen-bond donors (Lipinski definition) is 4. The largest absolute Gasteiger partial charge is 0.480 e. The van der Waals surface area contributed by atoms with Crippen molar-refractivity contribution in [1.29, 1.82) is 0 Å². The number of nitrogens with zero attached hydrogens (tertiary/aromatic N) is 1. The molecule has 0 bridgehead atoms. The lowest BCUT2D eigenvalue weighted by Crippen LogP contribution is -2.45. The van der Waals surface area contributed by atoms with Gasteiger partial charge in [-0.1, -0.05) is 58.3 Å². The molecule has 29 heavy (non-hydrogen) atoms. The lowest BCUT2D eigenvalue weighted by molar-refractivity contribution is -0.146. The van der Waals surface area contributed by atoms with Crippen LogP contribution >= 0.6 is 0 Å². The number of hydrogen-bond acceptors (Lipinski definition) is 5. The summed E-state index contributed by atoms with van der Waals surface area (Å²) in [6.07, 6.45) is 11.9. The third-order valence-corrected chi connectivity index (χ3v) is 4.94. The minimum Gasteiger partial charge on any atom is -0.480 e. The lowest BCUT2D eigenvalue weighted by atomic mass is 10.1. The second kappa shape index (κ2) is 18.4. The minimum absolute atomic E-state index is 0.0196. The Morgan fingerprint density at radius 3 is 2.00 bits per heavy atom. The van der Waals surface area contributed by atoms with Gasteiger partial charge in [-0.25, -0.2) is 0 Å². The molecule has 0 aliphatic carbocycles. The summed E-state index contributed by atoms with van der Waals surface area (Å²) < 4.78 is 0. The first kappa shape index (κ1) is 27.3. The van der Waals surface area contributed by atoms with Gasteiger partial charge in [0.15, 0.2) is 0 Å². The van der Waals surface area contributed by atoms with E-state index in [2.05, 4.69) is 12.2 Å². The van der Waals surface area contributed by atoms with Crippen molar-refractivity contribution in [2.45, 2.75) is 90.0 Å². The number of aliphatic hydroxyl groups excluding tert-OH is 1. The predicted octanol–water partition coefficient (Wildman–Crippen LogP) is 2.64. The van der Waals surface area contributed by atoms with Crippen LogP contribution in [0, 0.1) is 0 Å². The number of carbonyl (C=O) groups excluding carboxylic acids is 1. The molecule has 0 aromatic carbocycles. The van der Waals surface area contributed by atoms with Crippen molar-refractivity contribution in [3.05, 3.63) is 0 Å². The van der Waals surface area contributed by atoms with Crippen molar-refractivity contribution in [3.63, 3.8) is 0 Å². The lowest BCUT2D eigenvalue weighted by Gasteiger charge is -2.26. The topological polar surface area (TPSA) is 127 Å². The van der Waals surface area contributed by atoms with Crippen LogP contribution in [-0.2, 0) is 14.4 Å². The van der Waals surface area contributed by atoms with Crippen LogP contribution < -0.4 is 5.32 Å². The summed E-state index contributed by atoms with van der Waals surface area (Å²) in [5.74, 6) is -2.29. The Morgan fingerprint density at radius 2 is 1.48 bits per heavy atom. The summed E-state index contributed by atoms with van der Waals surface area (Å²) in [7, 11) is 0. The molecule has 1 amide bonds. The predicted molar refractivity (Wildman–Crippen MR) is 112 cm³/mol. The molecule has 0 aliphatic heterocycles. The Morgan fingerprint density at radius 1 is 0.897 bits per heavy atom. The van der Waals surface area contributed by atoms with Gasteiger partial charge in [0.1, 0.15) is 6.04 Å². The first-order valence-corrected chi connectivity index (χ1v) is 11.0. The molecule has 0 aromatic rings. The maximum atomic E-state index is 11.9. The van der Waals surface area contributed by atoms with E-state index in [1.54, 1.807) is 0 Å². The Hall–Kier alpha value is -1.67. The zero-order valence-electron chi connectivity index (χ0n) is 17.9. The smallest absolute Gasteiger partial charge is 0.320 e. The van der Waals surface area contributed by atoms with Crippen molar-refractivity contribution < 1.29 is 29.7 Å². The molecule has 8 nitrogen and oxygen atoms in total. The number of nitrogens with one attached hydrogen (secondary N) is 1. The molecule has 0 aromatic heterocycles. The normalized spacial score (nSPS) is 12.1. The summed E-state index contributed by atoms with van der Waals surface area (Å²) in [5.41, 5.74) is 0. The fourth-order valence-electron chi connectivity index (χ4n) is 3.32. The first-order valence-electron chi connectivity index (χ1n) is 11.0. The summed E-state index contributed by atoms with van der Waals surface area (Å²) in [6, 6.07) is -0.993. The molecule has 4 N–H and O–H groups in total. The zero-order chi connectivity index (χ0) is 21.9. The third kappa shape index (κ3) is 15.9. The summed E-state index contributed by atoms with van der Waals surface area (Å²) in [6.45, 7) is 1.80. The van der Waals surface area contributed by atoms with Gasteiger partial charge in [0, 0.05) is 19.5 Å². The highest BCUT2D eigenvalue weighted by Crippen LogP contribution is 2.11. The maximum absolute atomic E-state index is 11.9. The van der Waals surface area contributed by atoms with Gasteiger partial charge in [0.25, 0.3) is 0 Å². The van der Waals surface area contributed by atoms with Crippen molar-refractivity contribution in [1.82, 2.24) is 10.2 Å². The van der Waals surface area contributed by atoms with Gasteiger partial charge < -0.3 is 20.6 Å². The average molecular weight is 417 g/mol. The first-order chi connectivity index (χ1) is 13.9. The van der Waals surface area contributed by atoms with Gasteiger partial charge >= 0.3 is 11.9 Å². The number of amides is 1. The highest BCUT2D eigenvalue weighted by Gasteiger charge is 2.26. The fraction of sp³-hybridized carbons (Fsp3) is 0.857. The van der Waals surface area contributed by atoms with E-state index in [1.807, 2.05) is 0 Å². The molecular formula is C21H40N2O6. The molecule has 0 spiro atoms. The van der Waals surface area contributed by atoms with Crippen LogP contribution in [0.5, 0.6) is 0 Å². The van der Waals surface area contributed by atoms with Crippen molar-refractivity contribution in [3.8, 4) is 0 Å². The van der Waals surface area contributed by atoms with E-state index in [-0.39, 0.29) is 25.5 Å². The van der Waals surface area contributed by atoms with Crippen molar-refractivity contribution >= 4 is 17.8 Å². The molecule has 170 valence electrons. The van der Waals surface area contributed by atoms with Crippen LogP contribution in [0.3, 0.4) is 0 Å². The number of carbonyl (C=O) groups is 3. The maximum Gasteiger partial charge on any atom is 0.320 e. The zero-order valence-corrected chi connectivity index (χ0v) is 17.9. The molecule has 1 atom stereocenters. The standard InChI is InChI=1S/C21H40N2O6/c1-2-3-4-5-6-7-8-9-10-13-19(25)22-14-11-12-18(21(28)29)23(15-16-24)17-20(26)27/h18,24H,2-17H2,1H3,(H,22,25)(H,26,27)(H,28,29). The number of carboxylic acid groups (broad SMARTS) is 2. The Labute approximate surface area is 174 Å². The van der Waals surface area contributed by atoms with Crippen LogP contribution in [-0.4, -0.2) is 70.3 Å². The van der Waals surface area contributed by atoms with Gasteiger partial charge in [-0.2, -0.15) is 0 Å². The van der Waals surface area contributed by atoms with E-state index < -0.39 is 24.5 Å². The van der Waals surface area contributed by atoms with Crippen molar-refractivity contribution in [2.24, 2.45) is 0 Å². The number of aliphatic carboxylic acids is 2. The van der Waals surface area contributed by atoms with E-state index in [0.717, 1.165) is 19.3 Å². The SMILES string of the molecule is CCCCCCCCCCCC(=O)NCCCC(C(=O)O)N(CCO)CC(=O)O. The fourth-order valence-corrected chi connectivity index (χ4v) is 3.32. The van der Waals surface area contributed by atoms with Crippen LogP contribution in [0.15, 0.2) is 0 Å². The Balaban J connectivity index is 3.90. The summed E-state index contributed by atoms with van der Waals surface area (Å²) in [5, 5.41) is 30.1. The van der Waals surface area contributed by atoms with E-state index in [4.69, 9.17) is 10.2 Å². The highest BCUT2D eigenvalue weighted by atomic mass is 16.4. The molecule has 8 heteroatoms. The summed E-state index contributed by atoms with van der Waals surface area (Å²) in [4.78, 5) is 35.4. The van der Waals surface area contributed by atoms with Gasteiger partial charge in [0.2, 0.25) is 5.91 Å². The van der Waals surface area contributed by atoms with Crippen LogP contribution in [0.25, 0.3) is 0 Å². The number of rotatable bonds is 20. The number of unbranched alkanes of at least 4 members (excludes halogenated alkanes) is 8. The van der Waals surface area contributed by atoms with Gasteiger partial charge in [0.05, 0.1) is 13.2 Å². The van der Waals surface area contributed by atoms with E-state index in [1.165, 1.54) is 43.4 Å². The van der Waals surface area contributed by atoms with Gasteiger partial charge in [-0.05, 0) is 19.3 Å². The third-order valence-electron chi connectivity index (χ3n) is 4.94. The number of carboxylic acids is 2. The average Bonchev–Trinajstić information content (AvgIpc) is 2.65. The molecular weight excluding hydrogens is 376 g/mol. The monoisotopic (exact) mass is 416 g/mol. The molecule has 0 saturated carbocycles. The molecule has 0 fully saturated rings. The van der Waals surface area contributed by atoms with Gasteiger partial charge in [-0.3, -0.25) is 19.3 Å². The molecule has 0 rings (SSSR count). The van der Waals surface area contributed by atoms with E-state index in [0.29, 0.717) is 19.4 Å². The molecule has 0 saturated heterocycles. The molecule has 0 aliphatic rings. The Bertz CT molecular complexity index is 458. The quantitative estimate of drug-likeness (QED) is 0.225. The summed E-state index contributed by atoms with van der Waals surface area (Å²) >= 11 is 0. The highest BCUT2D eigenvalue weighted by molar-refractivity contribution is 5.76. The van der Waals surface area contributed by atoms with Crippen molar-refractivity contribution in [2.75, 3.05) is 26.2 Å². The molecule has 1 unspecified atom stereocenters. The van der Waals surface area contributed by atoms with E-state index >= 15 is 0 Å². The van der Waals surface area contributed by atoms with Crippen LogP contribution in [0.2, 0.25) is 0 Å².